The summed E-state index contributed by atoms with van der Waals surface area (Å²) in [5, 5.41) is 10.1. The molecular weight excluding hydrogens is 454 g/mol. The second-order valence-electron chi connectivity index (χ2n) is 6.98. The highest BCUT2D eigenvalue weighted by Gasteiger charge is 2.43. The van der Waals surface area contributed by atoms with Crippen LogP contribution in [-0.4, -0.2) is 23.9 Å². The Morgan fingerprint density at radius 1 is 1.17 bits per heavy atom. The number of amides is 6. The lowest BCUT2D eigenvalue weighted by atomic mass is 9.92. The summed E-state index contributed by atoms with van der Waals surface area (Å²) in [5.74, 6) is -0.779. The largest absolute Gasteiger partial charge is 0.352 e. The Labute approximate surface area is 180 Å². The van der Waals surface area contributed by atoms with Crippen molar-refractivity contribution in [1.82, 2.24) is 16.0 Å². The Morgan fingerprint density at radius 2 is 1.87 bits per heavy atom. The number of nitrogens with one attached hydrogen (secondary N) is 4. The molecular formula is C20H20BrN5O4. The normalized spacial score (nSPS) is 18.9. The molecule has 0 unspecified atom stereocenters. The van der Waals surface area contributed by atoms with Gasteiger partial charge in [0.15, 0.2) is 0 Å². The number of primary amides is 1. The van der Waals surface area contributed by atoms with Crippen molar-refractivity contribution in [3.8, 4) is 0 Å². The summed E-state index contributed by atoms with van der Waals surface area (Å²) in [6, 6.07) is 11.9. The Morgan fingerprint density at radius 3 is 2.43 bits per heavy atom. The van der Waals surface area contributed by atoms with Gasteiger partial charge in [-0.25, -0.2) is 9.59 Å². The molecule has 1 aliphatic rings. The highest BCUT2D eigenvalue weighted by atomic mass is 79.9. The number of anilines is 1. The van der Waals surface area contributed by atoms with Gasteiger partial charge in [0.25, 0.3) is 5.91 Å². The molecule has 0 radical (unpaired) electrons. The molecule has 0 spiro atoms. The van der Waals surface area contributed by atoms with Crippen LogP contribution < -0.4 is 27.0 Å². The molecule has 6 amide bonds. The van der Waals surface area contributed by atoms with Crippen LogP contribution in [0.5, 0.6) is 0 Å². The van der Waals surface area contributed by atoms with E-state index in [1.165, 1.54) is 0 Å². The van der Waals surface area contributed by atoms with E-state index in [2.05, 4.69) is 37.2 Å². The molecule has 2 atom stereocenters. The molecule has 0 aromatic heterocycles. The van der Waals surface area contributed by atoms with E-state index < -0.39 is 29.6 Å². The number of hydrogen-bond acceptors (Lipinski definition) is 4. The third-order valence-corrected chi connectivity index (χ3v) is 5.24. The fourth-order valence-electron chi connectivity index (χ4n) is 3.18. The van der Waals surface area contributed by atoms with Crippen LogP contribution in [0.1, 0.15) is 30.5 Å². The molecule has 3 rings (SSSR count). The van der Waals surface area contributed by atoms with Gasteiger partial charge in [-0.2, -0.15) is 0 Å². The first kappa shape index (κ1) is 21.3. The first-order valence-electron chi connectivity index (χ1n) is 9.03. The molecule has 2 aromatic rings. The molecule has 1 aliphatic heterocycles. The lowest BCUT2D eigenvalue weighted by molar-refractivity contribution is -0.123. The molecule has 0 aliphatic carbocycles. The third-order valence-electron chi connectivity index (χ3n) is 4.75. The quantitative estimate of drug-likeness (QED) is 0.410. The van der Waals surface area contributed by atoms with E-state index in [-0.39, 0.29) is 12.3 Å². The average Bonchev–Trinajstić information content (AvgIpc) is 2.94. The van der Waals surface area contributed by atoms with Gasteiger partial charge >= 0.3 is 12.1 Å². The molecule has 9 nitrogen and oxygen atoms in total. The number of urea groups is 2. The van der Waals surface area contributed by atoms with Crippen molar-refractivity contribution >= 4 is 45.5 Å². The van der Waals surface area contributed by atoms with E-state index in [4.69, 9.17) is 5.73 Å². The summed E-state index contributed by atoms with van der Waals surface area (Å²) in [6.45, 7) is 1.60. The maximum Gasteiger partial charge on any atom is 0.322 e. The summed E-state index contributed by atoms with van der Waals surface area (Å²) < 4.78 is 0.809. The molecule has 1 heterocycles. The Balaban J connectivity index is 1.69. The van der Waals surface area contributed by atoms with Crippen molar-refractivity contribution < 1.29 is 19.2 Å². The van der Waals surface area contributed by atoms with E-state index in [1.54, 1.807) is 49.4 Å². The van der Waals surface area contributed by atoms with Crippen molar-refractivity contribution in [2.24, 2.45) is 5.73 Å². The van der Waals surface area contributed by atoms with Crippen LogP contribution in [0.15, 0.2) is 53.0 Å². The van der Waals surface area contributed by atoms with Gasteiger partial charge in [-0.3, -0.25) is 14.9 Å². The van der Waals surface area contributed by atoms with Crippen LogP contribution >= 0.6 is 15.9 Å². The first-order chi connectivity index (χ1) is 14.2. The second-order valence-corrected chi connectivity index (χ2v) is 7.89. The molecule has 1 saturated heterocycles. The van der Waals surface area contributed by atoms with Crippen LogP contribution in [0.2, 0.25) is 0 Å². The Kier molecular flexibility index (Phi) is 6.06. The van der Waals surface area contributed by atoms with Crippen molar-refractivity contribution in [3.05, 3.63) is 64.1 Å². The summed E-state index contributed by atoms with van der Waals surface area (Å²) in [6.07, 6.45) is -0.0304. The molecule has 156 valence electrons. The first-order valence-corrected chi connectivity index (χ1v) is 9.82. The molecule has 30 heavy (non-hydrogen) atoms. The zero-order valence-corrected chi connectivity index (χ0v) is 17.6. The molecule has 0 saturated carbocycles. The topological polar surface area (TPSA) is 142 Å². The lowest BCUT2D eigenvalue weighted by Crippen LogP contribution is -2.40. The van der Waals surface area contributed by atoms with Gasteiger partial charge in [-0.05, 0) is 42.3 Å². The molecule has 0 bridgehead atoms. The average molecular weight is 474 g/mol. The van der Waals surface area contributed by atoms with Crippen LogP contribution in [-0.2, 0) is 15.1 Å². The van der Waals surface area contributed by atoms with Gasteiger partial charge in [0.05, 0.1) is 12.5 Å². The molecule has 1 fully saturated rings. The zero-order valence-electron chi connectivity index (χ0n) is 16.0. The highest BCUT2D eigenvalue weighted by Crippen LogP contribution is 2.26. The van der Waals surface area contributed by atoms with Crippen molar-refractivity contribution in [1.29, 1.82) is 0 Å². The second kappa shape index (κ2) is 8.54. The monoisotopic (exact) mass is 473 g/mol. The van der Waals surface area contributed by atoms with E-state index in [1.807, 2.05) is 6.07 Å². The van der Waals surface area contributed by atoms with Gasteiger partial charge in [-0.1, -0.05) is 40.2 Å². The maximum absolute atomic E-state index is 12.5. The summed E-state index contributed by atoms with van der Waals surface area (Å²) in [4.78, 5) is 47.3. The number of rotatable bonds is 6. The van der Waals surface area contributed by atoms with Crippen molar-refractivity contribution in [2.45, 2.75) is 24.9 Å². The molecule has 10 heteroatoms. The highest BCUT2D eigenvalue weighted by molar-refractivity contribution is 9.10. The third kappa shape index (κ3) is 4.77. The van der Waals surface area contributed by atoms with Crippen molar-refractivity contribution in [2.75, 3.05) is 5.32 Å². The predicted molar refractivity (Wildman–Crippen MR) is 113 cm³/mol. The number of halogens is 1. The van der Waals surface area contributed by atoms with Gasteiger partial charge in [0.1, 0.15) is 5.54 Å². The SMILES string of the molecule is C[C@@]1(c2ccc(NC(=O)C[C@H](NC(N)=O)c3cccc(Br)c3)cc2)NC(=O)NC1=O. The maximum atomic E-state index is 12.5. The molecule has 2 aromatic carbocycles. The van der Waals surface area contributed by atoms with Gasteiger partial charge in [0, 0.05) is 10.2 Å². The van der Waals surface area contributed by atoms with E-state index in [9.17, 15) is 19.2 Å². The Hall–Kier alpha value is -3.40. The minimum atomic E-state index is -1.17. The summed E-state index contributed by atoms with van der Waals surface area (Å²) in [7, 11) is 0. The lowest BCUT2D eigenvalue weighted by Gasteiger charge is -2.21. The van der Waals surface area contributed by atoms with E-state index in [0.717, 1.165) is 10.0 Å². The van der Waals surface area contributed by atoms with Crippen molar-refractivity contribution in [3.63, 3.8) is 0 Å². The predicted octanol–water partition coefficient (Wildman–Crippen LogP) is 2.24. The van der Waals surface area contributed by atoms with Crippen LogP contribution in [0.4, 0.5) is 15.3 Å². The number of imide groups is 1. The van der Waals surface area contributed by atoms with Gasteiger partial charge in [0.2, 0.25) is 5.91 Å². The van der Waals surface area contributed by atoms with Gasteiger partial charge in [-0.15, -0.1) is 0 Å². The number of nitrogens with two attached hydrogens (primary N) is 1. The zero-order chi connectivity index (χ0) is 21.9. The fourth-order valence-corrected chi connectivity index (χ4v) is 3.59. The standard InChI is InChI=1S/C20H20BrN5O4/c1-20(17(28)25-19(30)26-20)12-5-7-14(8-6-12)23-16(27)10-15(24-18(22)29)11-3-2-4-13(21)9-11/h2-9,15H,10H2,1H3,(H,23,27)(H3,22,24,29)(H2,25,26,28,30)/t15-,20-/m0/s1. The summed E-state index contributed by atoms with van der Waals surface area (Å²) >= 11 is 3.36. The van der Waals surface area contributed by atoms with E-state index in [0.29, 0.717) is 11.3 Å². The number of carbonyl (C=O) groups excluding carboxylic acids is 4. The van der Waals surface area contributed by atoms with E-state index >= 15 is 0 Å². The number of benzene rings is 2. The number of hydrogen-bond donors (Lipinski definition) is 5. The smallest absolute Gasteiger partial charge is 0.322 e. The minimum absolute atomic E-state index is 0.0304. The Bertz CT molecular complexity index is 1010. The summed E-state index contributed by atoms with van der Waals surface area (Å²) in [5.41, 5.74) is 5.89. The van der Waals surface area contributed by atoms with Crippen LogP contribution in [0.3, 0.4) is 0 Å². The minimum Gasteiger partial charge on any atom is -0.352 e. The fraction of sp³-hybridized carbons (Fsp3) is 0.200. The molecule has 6 N–H and O–H groups in total. The number of carbonyl (C=O) groups is 4. The van der Waals surface area contributed by atoms with Crippen LogP contribution in [0.25, 0.3) is 0 Å². The van der Waals surface area contributed by atoms with Gasteiger partial charge < -0.3 is 21.7 Å². The van der Waals surface area contributed by atoms with Crippen LogP contribution in [0, 0.1) is 0 Å².